The van der Waals surface area contributed by atoms with Gasteiger partial charge in [0.05, 0.1) is 5.56 Å². The van der Waals surface area contributed by atoms with Crippen molar-refractivity contribution in [3.05, 3.63) is 35.1 Å². The van der Waals surface area contributed by atoms with Crippen molar-refractivity contribution in [3.8, 4) is 0 Å². The Morgan fingerprint density at radius 2 is 1.88 bits per heavy atom. The molecule has 1 N–H and O–H groups in total. The molecule has 24 heavy (non-hydrogen) atoms. The maximum atomic E-state index is 13.3. The van der Waals surface area contributed by atoms with E-state index in [1.165, 1.54) is 0 Å². The van der Waals surface area contributed by atoms with Crippen LogP contribution in [0, 0.1) is 5.82 Å². The Morgan fingerprint density at radius 3 is 2.46 bits per heavy atom. The fourth-order valence-corrected chi connectivity index (χ4v) is 2.62. The Kier molecular flexibility index (Phi) is 5.82. The van der Waals surface area contributed by atoms with E-state index in [2.05, 4.69) is 15.1 Å². The lowest BCUT2D eigenvalue weighted by Crippen LogP contribution is -2.51. The van der Waals surface area contributed by atoms with Crippen molar-refractivity contribution in [2.24, 2.45) is 0 Å². The zero-order valence-corrected chi connectivity index (χ0v) is 13.7. The van der Waals surface area contributed by atoms with Crippen molar-refractivity contribution in [2.45, 2.75) is 19.1 Å². The van der Waals surface area contributed by atoms with E-state index in [1.54, 1.807) is 0 Å². The van der Waals surface area contributed by atoms with Crippen LogP contribution < -0.4 is 5.32 Å². The molecular weight excluding hydrogens is 326 g/mol. The van der Waals surface area contributed by atoms with E-state index in [0.717, 1.165) is 32.2 Å². The van der Waals surface area contributed by atoms with Gasteiger partial charge >= 0.3 is 6.18 Å². The Hall–Kier alpha value is -1.67. The van der Waals surface area contributed by atoms with E-state index in [1.807, 2.05) is 14.0 Å². The Balaban J connectivity index is 1.95. The average Bonchev–Trinajstić information content (AvgIpc) is 2.52. The molecule has 2 rings (SSSR count). The number of carbonyl (C=O) groups excluding carboxylic acids is 1. The van der Waals surface area contributed by atoms with Crippen LogP contribution in [-0.2, 0) is 6.18 Å². The molecular formula is C16H21F4N3O. The summed E-state index contributed by atoms with van der Waals surface area (Å²) in [5.41, 5.74) is -1.63. The third-order valence-corrected chi connectivity index (χ3v) is 4.25. The summed E-state index contributed by atoms with van der Waals surface area (Å²) in [5.74, 6) is -2.02. The maximum Gasteiger partial charge on any atom is 0.419 e. The smallest absolute Gasteiger partial charge is 0.350 e. The molecule has 8 heteroatoms. The first-order chi connectivity index (χ1) is 11.2. The van der Waals surface area contributed by atoms with E-state index < -0.39 is 23.5 Å². The number of likely N-dealkylation sites (N-methyl/N-ethyl adjacent to an activating group) is 1. The maximum absolute atomic E-state index is 13.3. The lowest BCUT2D eigenvalue weighted by Gasteiger charge is -2.36. The quantitative estimate of drug-likeness (QED) is 0.849. The zero-order chi connectivity index (χ0) is 17.9. The van der Waals surface area contributed by atoms with Crippen molar-refractivity contribution in [2.75, 3.05) is 39.8 Å². The van der Waals surface area contributed by atoms with Gasteiger partial charge in [0, 0.05) is 44.3 Å². The molecule has 1 aliphatic heterocycles. The number of amides is 1. The molecule has 0 spiro atoms. The van der Waals surface area contributed by atoms with Gasteiger partial charge < -0.3 is 10.2 Å². The number of rotatable bonds is 4. The van der Waals surface area contributed by atoms with Crippen molar-refractivity contribution in [1.82, 2.24) is 15.1 Å². The molecule has 1 atom stereocenters. The van der Waals surface area contributed by atoms with Crippen molar-refractivity contribution >= 4 is 5.91 Å². The van der Waals surface area contributed by atoms with Crippen LogP contribution in [0.15, 0.2) is 18.2 Å². The molecule has 0 aromatic heterocycles. The highest BCUT2D eigenvalue weighted by molar-refractivity contribution is 5.94. The van der Waals surface area contributed by atoms with Gasteiger partial charge in [-0.1, -0.05) is 0 Å². The minimum atomic E-state index is -4.83. The molecule has 1 aliphatic rings. The molecule has 1 saturated heterocycles. The van der Waals surface area contributed by atoms with Crippen LogP contribution in [0.2, 0.25) is 0 Å². The molecule has 0 radical (unpaired) electrons. The molecule has 1 aromatic carbocycles. The van der Waals surface area contributed by atoms with Crippen LogP contribution in [0.1, 0.15) is 22.8 Å². The Morgan fingerprint density at radius 1 is 1.25 bits per heavy atom. The fraction of sp³-hybridized carbons (Fsp3) is 0.562. The van der Waals surface area contributed by atoms with Crippen molar-refractivity contribution in [1.29, 1.82) is 0 Å². The van der Waals surface area contributed by atoms with Crippen molar-refractivity contribution < 1.29 is 22.4 Å². The summed E-state index contributed by atoms with van der Waals surface area (Å²) in [4.78, 5) is 16.5. The number of halogens is 4. The number of piperazine rings is 1. The molecule has 134 valence electrons. The number of hydrogen-bond acceptors (Lipinski definition) is 3. The molecule has 1 heterocycles. The molecule has 1 unspecified atom stereocenters. The van der Waals surface area contributed by atoms with E-state index in [0.29, 0.717) is 18.7 Å². The molecule has 0 aliphatic carbocycles. The van der Waals surface area contributed by atoms with Gasteiger partial charge in [0.15, 0.2) is 0 Å². The molecule has 4 nitrogen and oxygen atoms in total. The van der Waals surface area contributed by atoms with Gasteiger partial charge in [0.1, 0.15) is 5.82 Å². The third kappa shape index (κ3) is 4.67. The summed E-state index contributed by atoms with van der Waals surface area (Å²) < 4.78 is 51.4. The number of benzene rings is 1. The van der Waals surface area contributed by atoms with Gasteiger partial charge in [-0.25, -0.2) is 4.39 Å². The second-order valence-corrected chi connectivity index (χ2v) is 6.09. The molecule has 0 bridgehead atoms. The van der Waals surface area contributed by atoms with E-state index in [4.69, 9.17) is 0 Å². The molecule has 1 aromatic rings. The number of hydrogen-bond donors (Lipinski definition) is 1. The van der Waals surface area contributed by atoms with Gasteiger partial charge in [-0.2, -0.15) is 13.2 Å². The topological polar surface area (TPSA) is 35.6 Å². The highest BCUT2D eigenvalue weighted by atomic mass is 19.4. The number of nitrogens with one attached hydrogen (secondary N) is 1. The highest BCUT2D eigenvalue weighted by Gasteiger charge is 2.34. The van der Waals surface area contributed by atoms with Crippen LogP contribution >= 0.6 is 0 Å². The van der Waals surface area contributed by atoms with E-state index >= 15 is 0 Å². The Bertz CT molecular complexity index is 583. The van der Waals surface area contributed by atoms with Gasteiger partial charge in [-0.15, -0.1) is 0 Å². The second kappa shape index (κ2) is 7.48. The van der Waals surface area contributed by atoms with E-state index in [-0.39, 0.29) is 11.6 Å². The SMILES string of the molecule is CC(CNC(=O)c1ccc(F)c(C(F)(F)F)c1)N1CCN(C)CC1. The standard InChI is InChI=1S/C16H21F4N3O/c1-11(23-7-5-22(2)6-8-23)10-21-15(24)12-3-4-14(17)13(9-12)16(18,19)20/h3-4,9,11H,5-8,10H2,1-2H3,(H,21,24). The summed E-state index contributed by atoms with van der Waals surface area (Å²) in [5, 5.41) is 2.62. The lowest BCUT2D eigenvalue weighted by molar-refractivity contribution is -0.140. The molecule has 0 saturated carbocycles. The average molecular weight is 347 g/mol. The molecule has 1 amide bonds. The fourth-order valence-electron chi connectivity index (χ4n) is 2.62. The lowest BCUT2D eigenvalue weighted by atomic mass is 10.1. The minimum Gasteiger partial charge on any atom is -0.350 e. The van der Waals surface area contributed by atoms with Crippen LogP contribution in [0.3, 0.4) is 0 Å². The van der Waals surface area contributed by atoms with Crippen molar-refractivity contribution in [3.63, 3.8) is 0 Å². The first-order valence-electron chi connectivity index (χ1n) is 7.76. The summed E-state index contributed by atoms with van der Waals surface area (Å²) in [6.45, 7) is 5.90. The minimum absolute atomic E-state index is 0.0742. The summed E-state index contributed by atoms with van der Waals surface area (Å²) in [7, 11) is 2.04. The normalized spacial score (nSPS) is 18.4. The third-order valence-electron chi connectivity index (χ3n) is 4.25. The monoisotopic (exact) mass is 347 g/mol. The second-order valence-electron chi connectivity index (χ2n) is 6.09. The first-order valence-corrected chi connectivity index (χ1v) is 7.76. The first kappa shape index (κ1) is 18.7. The predicted molar refractivity (Wildman–Crippen MR) is 82.3 cm³/mol. The number of alkyl halides is 3. The van der Waals surface area contributed by atoms with Crippen LogP contribution in [0.5, 0.6) is 0 Å². The van der Waals surface area contributed by atoms with Crippen LogP contribution in [-0.4, -0.2) is 61.5 Å². The summed E-state index contributed by atoms with van der Waals surface area (Å²) in [6, 6.07) is 2.35. The summed E-state index contributed by atoms with van der Waals surface area (Å²) in [6.07, 6.45) is -4.83. The van der Waals surface area contributed by atoms with Crippen LogP contribution in [0.4, 0.5) is 17.6 Å². The number of nitrogens with zero attached hydrogens (tertiary/aromatic N) is 2. The van der Waals surface area contributed by atoms with Gasteiger partial charge in [0.25, 0.3) is 5.91 Å². The van der Waals surface area contributed by atoms with Gasteiger partial charge in [-0.3, -0.25) is 9.69 Å². The predicted octanol–water partition coefficient (Wildman–Crippen LogP) is 2.21. The van der Waals surface area contributed by atoms with Gasteiger partial charge in [-0.05, 0) is 32.2 Å². The van der Waals surface area contributed by atoms with Crippen LogP contribution in [0.25, 0.3) is 0 Å². The van der Waals surface area contributed by atoms with E-state index in [9.17, 15) is 22.4 Å². The number of carbonyl (C=O) groups is 1. The highest BCUT2D eigenvalue weighted by Crippen LogP contribution is 2.31. The zero-order valence-electron chi connectivity index (χ0n) is 13.7. The Labute approximate surface area is 138 Å². The summed E-state index contributed by atoms with van der Waals surface area (Å²) >= 11 is 0. The van der Waals surface area contributed by atoms with Gasteiger partial charge in [0.2, 0.25) is 0 Å². The largest absolute Gasteiger partial charge is 0.419 e. The molecule has 1 fully saturated rings.